The van der Waals surface area contributed by atoms with E-state index in [2.05, 4.69) is 85.4 Å². The predicted molar refractivity (Wildman–Crippen MR) is 176 cm³/mol. The van der Waals surface area contributed by atoms with E-state index in [4.69, 9.17) is 11.7 Å². The van der Waals surface area contributed by atoms with Crippen molar-refractivity contribution in [1.82, 2.24) is 20.9 Å². The number of hydrogen-bond acceptors (Lipinski definition) is 8. The van der Waals surface area contributed by atoms with Gasteiger partial charge in [0.05, 0.1) is 36.6 Å². The van der Waals surface area contributed by atoms with E-state index in [1.807, 2.05) is 6.92 Å². The lowest BCUT2D eigenvalue weighted by molar-refractivity contribution is 0.0495. The van der Waals surface area contributed by atoms with Gasteiger partial charge in [0.25, 0.3) is 5.00 Å². The lowest BCUT2D eigenvalue weighted by Gasteiger charge is -2.50. The van der Waals surface area contributed by atoms with Gasteiger partial charge in [-0.15, -0.1) is 16.5 Å². The number of nitrogens with one attached hydrogen (secondary N) is 3. The van der Waals surface area contributed by atoms with Gasteiger partial charge in [0.1, 0.15) is 6.04 Å². The summed E-state index contributed by atoms with van der Waals surface area (Å²) in [6, 6.07) is 3.25. The molecule has 238 valence electrons. The van der Waals surface area contributed by atoms with Gasteiger partial charge in [-0.25, -0.2) is 9.83 Å². The predicted octanol–water partition coefficient (Wildman–Crippen LogP) is 8.37. The van der Waals surface area contributed by atoms with Crippen LogP contribution in [0, 0.1) is 72.2 Å². The molecule has 9 heteroatoms. The zero-order valence-electron chi connectivity index (χ0n) is 27.8. The second-order valence-electron chi connectivity index (χ2n) is 14.1. The maximum absolute atomic E-state index is 10.6. The normalized spacial score (nSPS) is 40.3. The molecule has 0 radical (unpaired) electrons. The Labute approximate surface area is 265 Å². The first kappa shape index (κ1) is 34.0. The second kappa shape index (κ2) is 15.4. The van der Waals surface area contributed by atoms with Gasteiger partial charge in [0.2, 0.25) is 5.13 Å². The van der Waals surface area contributed by atoms with Crippen molar-refractivity contribution in [2.75, 3.05) is 0 Å². The largest absolute Gasteiger partial charge is 0.297 e. The zero-order valence-corrected chi connectivity index (χ0v) is 28.6. The van der Waals surface area contributed by atoms with Crippen molar-refractivity contribution in [3.05, 3.63) is 17.1 Å². The Hall–Kier alpha value is -1.91. The highest BCUT2D eigenvalue weighted by atomic mass is 32.1. The summed E-state index contributed by atoms with van der Waals surface area (Å²) in [5.74, 6) is 3.69. The first-order valence-corrected chi connectivity index (χ1v) is 17.9. The Balaban J connectivity index is 1.66. The van der Waals surface area contributed by atoms with E-state index in [0.717, 1.165) is 37.5 Å². The minimum atomic E-state index is -0.247. The third-order valence-electron chi connectivity index (χ3n) is 11.1. The fourth-order valence-corrected chi connectivity index (χ4v) is 9.45. The molecule has 1 aliphatic heterocycles. The van der Waals surface area contributed by atoms with Crippen LogP contribution in [0.3, 0.4) is 0 Å². The highest BCUT2D eigenvalue weighted by Crippen LogP contribution is 2.41. The first-order valence-electron chi connectivity index (χ1n) is 17.1. The number of rotatable bonds is 10. The Kier molecular flexibility index (Phi) is 12.2. The molecule has 2 heterocycles. The number of aromatic nitrogens is 1. The van der Waals surface area contributed by atoms with E-state index in [1.54, 1.807) is 0 Å². The van der Waals surface area contributed by atoms with Gasteiger partial charge in [-0.3, -0.25) is 16.0 Å². The highest BCUT2D eigenvalue weighted by Gasteiger charge is 2.47. The smallest absolute Gasteiger partial charge is 0.265 e. The molecule has 8 nitrogen and oxygen atoms in total. The molecule has 1 aromatic rings. The monoisotopic (exact) mass is 608 g/mol. The molecule has 4 rings (SSSR count). The van der Waals surface area contributed by atoms with Gasteiger partial charge in [-0.1, -0.05) is 74.1 Å². The van der Waals surface area contributed by atoms with E-state index in [9.17, 15) is 5.26 Å². The molecule has 2 aliphatic carbocycles. The maximum Gasteiger partial charge on any atom is 0.265 e. The Morgan fingerprint density at radius 2 is 1.40 bits per heavy atom. The van der Waals surface area contributed by atoms with Crippen molar-refractivity contribution >= 4 is 21.5 Å². The van der Waals surface area contributed by atoms with Crippen LogP contribution >= 0.6 is 11.3 Å². The summed E-state index contributed by atoms with van der Waals surface area (Å²) in [7, 11) is 0. The van der Waals surface area contributed by atoms with Crippen molar-refractivity contribution < 1.29 is 0 Å². The van der Waals surface area contributed by atoms with E-state index >= 15 is 0 Å². The Morgan fingerprint density at radius 3 is 1.81 bits per heavy atom. The van der Waals surface area contributed by atoms with Crippen molar-refractivity contribution in [3.63, 3.8) is 0 Å². The van der Waals surface area contributed by atoms with E-state index < -0.39 is 0 Å². The number of piperidine rings is 1. The molecule has 43 heavy (non-hydrogen) atoms. The molecule has 9 atom stereocenters. The van der Waals surface area contributed by atoms with Crippen molar-refractivity contribution in [2.45, 2.75) is 137 Å². The minimum absolute atomic E-state index is 0.0169. The van der Waals surface area contributed by atoms with E-state index in [1.165, 1.54) is 37.0 Å². The third kappa shape index (κ3) is 7.67. The standard InChI is InChI=1S/C34H56N8S/c1-10-23-14-19(5)15-24(11-2)29(23)38-31-27(18-35)21(7)28(41-42-34-37-22(8)33(36-9)43-34)32(40-31)39-30-25(12-3)16-20(6)17-26(30)13-4/h19-21,23-32,38-40H,10-17H2,1-8H3. The fourth-order valence-electron chi connectivity index (χ4n) is 8.77. The van der Waals surface area contributed by atoms with Crippen LogP contribution in [0.1, 0.15) is 106 Å². The molecule has 0 spiro atoms. The quantitative estimate of drug-likeness (QED) is 0.183. The van der Waals surface area contributed by atoms with Crippen molar-refractivity contribution in [1.29, 1.82) is 5.26 Å². The van der Waals surface area contributed by atoms with E-state index in [-0.39, 0.29) is 30.2 Å². The van der Waals surface area contributed by atoms with Crippen LogP contribution in [0.25, 0.3) is 4.85 Å². The summed E-state index contributed by atoms with van der Waals surface area (Å²) in [4.78, 5) is 8.07. The fraction of sp³-hybridized carbons (Fsp3) is 0.853. The Morgan fingerprint density at radius 1 is 0.907 bits per heavy atom. The van der Waals surface area contributed by atoms with Gasteiger partial charge in [0.15, 0.2) is 0 Å². The summed E-state index contributed by atoms with van der Waals surface area (Å²) in [6.07, 6.45) is 9.38. The van der Waals surface area contributed by atoms with Crippen LogP contribution in [-0.4, -0.2) is 35.4 Å². The molecule has 3 aliphatic rings. The molecular weight excluding hydrogens is 552 g/mol. The van der Waals surface area contributed by atoms with E-state index in [0.29, 0.717) is 51.6 Å². The molecule has 0 aromatic carbocycles. The number of azo groups is 1. The molecule has 0 amide bonds. The third-order valence-corrected chi connectivity index (χ3v) is 12.1. The van der Waals surface area contributed by atoms with Gasteiger partial charge in [-0.2, -0.15) is 10.4 Å². The Bertz CT molecular complexity index is 1120. The SMILES string of the molecule is [C-]#[N+]c1sc(N=NC2C(NC3C(CC)CC(C)CC3CC)NC(NC3C(CC)CC(C)CC3CC)C(C#N)C2C)nc1C. The second-order valence-corrected chi connectivity index (χ2v) is 15.0. The van der Waals surface area contributed by atoms with Crippen LogP contribution in [0.2, 0.25) is 0 Å². The topological polar surface area (TPSA) is 102 Å². The van der Waals surface area contributed by atoms with Gasteiger partial charge in [-0.05, 0) is 68.1 Å². The molecule has 9 unspecified atom stereocenters. The number of hydrogen-bond donors (Lipinski definition) is 3. The zero-order chi connectivity index (χ0) is 31.3. The average Bonchev–Trinajstić information content (AvgIpc) is 3.36. The van der Waals surface area contributed by atoms with Crippen molar-refractivity contribution in [2.24, 2.45) is 57.6 Å². The van der Waals surface area contributed by atoms with Crippen molar-refractivity contribution in [3.8, 4) is 6.07 Å². The highest BCUT2D eigenvalue weighted by molar-refractivity contribution is 7.19. The minimum Gasteiger partial charge on any atom is -0.297 e. The molecule has 0 bridgehead atoms. The summed E-state index contributed by atoms with van der Waals surface area (Å²) in [5, 5.41) is 33.2. The average molecular weight is 609 g/mol. The van der Waals surface area contributed by atoms with Gasteiger partial charge in [0, 0.05) is 18.0 Å². The van der Waals surface area contributed by atoms with Crippen LogP contribution in [0.4, 0.5) is 10.1 Å². The molecule has 1 saturated heterocycles. The molecular formula is C34H56N8S. The number of aryl methyl sites for hydroxylation is 1. The summed E-state index contributed by atoms with van der Waals surface area (Å²) >= 11 is 1.29. The number of nitriles is 1. The molecule has 3 N–H and O–H groups in total. The lowest BCUT2D eigenvalue weighted by atomic mass is 9.69. The van der Waals surface area contributed by atoms with Gasteiger partial charge < -0.3 is 0 Å². The lowest BCUT2D eigenvalue weighted by Crippen LogP contribution is -2.71. The van der Waals surface area contributed by atoms with Crippen LogP contribution < -0.4 is 16.0 Å². The molecule has 2 saturated carbocycles. The summed E-state index contributed by atoms with van der Waals surface area (Å²) in [5.41, 5.74) is 0.697. The van der Waals surface area contributed by atoms with Crippen LogP contribution in [-0.2, 0) is 0 Å². The van der Waals surface area contributed by atoms with Crippen LogP contribution in [0.5, 0.6) is 0 Å². The summed E-state index contributed by atoms with van der Waals surface area (Å²) in [6.45, 7) is 25.6. The number of nitrogens with zero attached hydrogens (tertiary/aromatic N) is 5. The maximum atomic E-state index is 10.6. The summed E-state index contributed by atoms with van der Waals surface area (Å²) < 4.78 is 0. The first-order chi connectivity index (χ1) is 20.7. The molecule has 1 aromatic heterocycles. The van der Waals surface area contributed by atoms with Crippen LogP contribution in [0.15, 0.2) is 10.2 Å². The molecule has 3 fully saturated rings. The number of thiazole rings is 1. The van der Waals surface area contributed by atoms with Gasteiger partial charge >= 0.3 is 0 Å².